The van der Waals surface area contributed by atoms with Gasteiger partial charge in [0.05, 0.1) is 10.9 Å². The van der Waals surface area contributed by atoms with Crippen LogP contribution in [0.4, 0.5) is 0 Å². The molecule has 0 saturated heterocycles. The highest BCUT2D eigenvalue weighted by Gasteiger charge is 2.11. The van der Waals surface area contributed by atoms with E-state index in [0.717, 1.165) is 13.9 Å². The molecule has 0 aliphatic heterocycles. The first-order valence-electron chi connectivity index (χ1n) is 4.88. The number of rotatable bonds is 1. The van der Waals surface area contributed by atoms with E-state index in [9.17, 15) is 4.79 Å². The molecule has 0 amide bonds. The van der Waals surface area contributed by atoms with E-state index in [1.165, 1.54) is 28.5 Å². The van der Waals surface area contributed by atoms with Crippen LogP contribution in [0.5, 0.6) is 0 Å². The van der Waals surface area contributed by atoms with Gasteiger partial charge in [0.1, 0.15) is 4.88 Å². The van der Waals surface area contributed by atoms with Crippen LogP contribution in [0.2, 0.25) is 0 Å². The first-order chi connectivity index (χ1) is 8.17. The smallest absolute Gasteiger partial charge is 0.348 e. The molecule has 2 nitrogen and oxygen atoms in total. The van der Waals surface area contributed by atoms with Crippen molar-refractivity contribution in [3.63, 3.8) is 0 Å². The summed E-state index contributed by atoms with van der Waals surface area (Å²) in [6.45, 7) is 0. The number of carbonyl (C=O) groups excluding carboxylic acids is 1. The summed E-state index contributed by atoms with van der Waals surface area (Å²) in [6, 6.07) is 8.21. The Bertz CT molecular complexity index is 676. The Morgan fingerprint density at radius 1 is 1.12 bits per heavy atom. The molecule has 0 aliphatic carbocycles. The van der Waals surface area contributed by atoms with Gasteiger partial charge in [-0.25, -0.2) is 4.79 Å². The molecular formula is C12H7BrO2S2. The molecule has 17 heavy (non-hydrogen) atoms. The lowest BCUT2D eigenvalue weighted by Gasteiger charge is -1.90. The molecule has 0 radical (unpaired) electrons. The molecule has 0 N–H and O–H groups in total. The van der Waals surface area contributed by atoms with Gasteiger partial charge in [0.25, 0.3) is 0 Å². The van der Waals surface area contributed by atoms with Gasteiger partial charge in [0.2, 0.25) is 0 Å². The zero-order valence-corrected chi connectivity index (χ0v) is 12.0. The van der Waals surface area contributed by atoms with Crippen LogP contribution in [-0.4, -0.2) is 13.1 Å². The zero-order chi connectivity index (χ0) is 12.0. The van der Waals surface area contributed by atoms with Crippen molar-refractivity contribution < 1.29 is 9.53 Å². The number of hydrogen-bond donors (Lipinski definition) is 0. The maximum absolute atomic E-state index is 11.5. The molecule has 0 aliphatic rings. The number of hydrogen-bond acceptors (Lipinski definition) is 4. The molecule has 86 valence electrons. The number of carbonyl (C=O) groups is 1. The van der Waals surface area contributed by atoms with Crippen molar-refractivity contribution in [3.05, 3.63) is 32.9 Å². The van der Waals surface area contributed by atoms with Crippen LogP contribution in [0, 0.1) is 0 Å². The molecule has 2 aromatic heterocycles. The molecule has 1 aromatic carbocycles. The molecule has 3 rings (SSSR count). The Hall–Kier alpha value is -0.910. The van der Waals surface area contributed by atoms with E-state index in [0.29, 0.717) is 4.88 Å². The van der Waals surface area contributed by atoms with E-state index in [4.69, 9.17) is 4.74 Å². The van der Waals surface area contributed by atoms with Gasteiger partial charge in [0, 0.05) is 9.40 Å². The molecule has 0 fully saturated rings. The quantitative estimate of drug-likeness (QED) is 0.607. The molecule has 2 heterocycles. The van der Waals surface area contributed by atoms with Crippen molar-refractivity contribution in [2.75, 3.05) is 7.11 Å². The summed E-state index contributed by atoms with van der Waals surface area (Å²) in [6.07, 6.45) is 0. The fourth-order valence-corrected chi connectivity index (χ4v) is 4.34. The van der Waals surface area contributed by atoms with E-state index in [-0.39, 0.29) is 5.97 Å². The van der Waals surface area contributed by atoms with Crippen LogP contribution in [-0.2, 0) is 4.74 Å². The monoisotopic (exact) mass is 326 g/mol. The Balaban J connectivity index is 2.26. The summed E-state index contributed by atoms with van der Waals surface area (Å²) in [4.78, 5) is 12.1. The largest absolute Gasteiger partial charge is 0.465 e. The number of ether oxygens (including phenoxy) is 1. The van der Waals surface area contributed by atoms with Crippen LogP contribution in [0.15, 0.2) is 28.1 Å². The van der Waals surface area contributed by atoms with Crippen LogP contribution in [0.25, 0.3) is 20.2 Å². The summed E-state index contributed by atoms with van der Waals surface area (Å²) >= 11 is 6.65. The van der Waals surface area contributed by atoms with Crippen molar-refractivity contribution in [2.24, 2.45) is 0 Å². The van der Waals surface area contributed by atoms with E-state index >= 15 is 0 Å². The predicted octanol–water partition coefficient (Wildman–Crippen LogP) is 4.67. The van der Waals surface area contributed by atoms with Crippen LogP contribution in [0.1, 0.15) is 9.67 Å². The summed E-state index contributed by atoms with van der Waals surface area (Å²) in [5, 5.41) is 2.30. The predicted molar refractivity (Wildman–Crippen MR) is 76.2 cm³/mol. The third-order valence-electron chi connectivity index (χ3n) is 2.51. The van der Waals surface area contributed by atoms with E-state index < -0.39 is 0 Å². The minimum atomic E-state index is -0.268. The Labute approximate surface area is 114 Å². The number of halogens is 1. The van der Waals surface area contributed by atoms with E-state index in [1.807, 2.05) is 6.07 Å². The van der Waals surface area contributed by atoms with Gasteiger partial charge in [0.15, 0.2) is 0 Å². The van der Waals surface area contributed by atoms with Crippen LogP contribution >= 0.6 is 38.6 Å². The Morgan fingerprint density at radius 2 is 1.76 bits per heavy atom. The lowest BCUT2D eigenvalue weighted by Crippen LogP contribution is -1.96. The summed E-state index contributed by atoms with van der Waals surface area (Å²) in [5.74, 6) is -0.268. The summed E-state index contributed by atoms with van der Waals surface area (Å²) in [7, 11) is 1.41. The van der Waals surface area contributed by atoms with Gasteiger partial charge < -0.3 is 4.74 Å². The van der Waals surface area contributed by atoms with Gasteiger partial charge in [-0.1, -0.05) is 0 Å². The van der Waals surface area contributed by atoms with Crippen molar-refractivity contribution in [2.45, 2.75) is 0 Å². The SMILES string of the molecule is COC(=O)c1cc2cc3sc(Br)cc3cc2s1. The molecule has 0 unspecified atom stereocenters. The second-order valence-corrected chi connectivity index (χ2v) is 7.13. The zero-order valence-electron chi connectivity index (χ0n) is 8.82. The topological polar surface area (TPSA) is 26.3 Å². The second kappa shape index (κ2) is 4.08. The van der Waals surface area contributed by atoms with Crippen LogP contribution in [0.3, 0.4) is 0 Å². The molecule has 5 heteroatoms. The summed E-state index contributed by atoms with van der Waals surface area (Å²) in [5.41, 5.74) is 0. The highest BCUT2D eigenvalue weighted by atomic mass is 79.9. The first-order valence-corrected chi connectivity index (χ1v) is 7.31. The van der Waals surface area contributed by atoms with Gasteiger partial charge >= 0.3 is 5.97 Å². The second-order valence-electron chi connectivity index (χ2n) is 3.58. The number of esters is 1. The van der Waals surface area contributed by atoms with E-state index in [1.54, 1.807) is 11.3 Å². The van der Waals surface area contributed by atoms with Crippen molar-refractivity contribution in [1.82, 2.24) is 0 Å². The molecule has 0 atom stereocenters. The minimum absolute atomic E-state index is 0.268. The highest BCUT2D eigenvalue weighted by molar-refractivity contribution is 9.11. The Morgan fingerprint density at radius 3 is 2.47 bits per heavy atom. The fraction of sp³-hybridized carbons (Fsp3) is 0.0833. The Kier molecular flexibility index (Phi) is 2.69. The third kappa shape index (κ3) is 1.88. The average molecular weight is 327 g/mol. The molecule has 0 spiro atoms. The van der Waals surface area contributed by atoms with Gasteiger partial charge in [-0.15, -0.1) is 22.7 Å². The van der Waals surface area contributed by atoms with Crippen LogP contribution < -0.4 is 0 Å². The van der Waals surface area contributed by atoms with Gasteiger partial charge in [-0.3, -0.25) is 0 Å². The summed E-state index contributed by atoms with van der Waals surface area (Å²) < 4.78 is 8.19. The maximum Gasteiger partial charge on any atom is 0.348 e. The minimum Gasteiger partial charge on any atom is -0.465 e. The lowest BCUT2D eigenvalue weighted by atomic mass is 10.2. The normalized spacial score (nSPS) is 11.2. The molecule has 3 aromatic rings. The van der Waals surface area contributed by atoms with E-state index in [2.05, 4.69) is 34.1 Å². The third-order valence-corrected chi connectivity index (χ3v) is 5.19. The number of thiophene rings is 2. The fourth-order valence-electron chi connectivity index (χ4n) is 1.74. The first kappa shape index (κ1) is 11.2. The average Bonchev–Trinajstić information content (AvgIpc) is 2.85. The molecular weight excluding hydrogens is 320 g/mol. The lowest BCUT2D eigenvalue weighted by molar-refractivity contribution is 0.0606. The van der Waals surface area contributed by atoms with Crippen molar-refractivity contribution in [3.8, 4) is 0 Å². The van der Waals surface area contributed by atoms with Gasteiger partial charge in [-0.2, -0.15) is 0 Å². The number of fused-ring (bicyclic) bond motifs is 2. The highest BCUT2D eigenvalue weighted by Crippen LogP contribution is 2.36. The van der Waals surface area contributed by atoms with Crippen molar-refractivity contribution >= 4 is 64.7 Å². The van der Waals surface area contributed by atoms with Crippen molar-refractivity contribution in [1.29, 1.82) is 0 Å². The standard InChI is InChI=1S/C12H7BrO2S2/c1-15-12(14)10-4-6-2-9-7(3-8(6)16-10)5-11(13)17-9/h2-5H,1H3. The maximum atomic E-state index is 11.5. The number of methoxy groups -OCH3 is 1. The molecule has 0 saturated carbocycles. The van der Waals surface area contributed by atoms with Gasteiger partial charge in [-0.05, 0) is 51.0 Å². The molecule has 0 bridgehead atoms. The number of benzene rings is 1.